The minimum atomic E-state index is -1.23. The number of amides is 2. The third-order valence-corrected chi connectivity index (χ3v) is 3.25. The number of anilines is 2. The van der Waals surface area contributed by atoms with Gasteiger partial charge in [-0.1, -0.05) is 59.6 Å². The van der Waals surface area contributed by atoms with E-state index in [1.807, 2.05) is 24.3 Å². The predicted octanol–water partition coefficient (Wildman–Crippen LogP) is 3.46. The smallest absolute Gasteiger partial charge is 0.260 e. The first-order valence-electron chi connectivity index (χ1n) is 6.57. The van der Waals surface area contributed by atoms with Crippen molar-refractivity contribution in [3.05, 3.63) is 60.7 Å². The van der Waals surface area contributed by atoms with Crippen molar-refractivity contribution in [2.24, 2.45) is 0 Å². The molecule has 2 aromatic rings. The van der Waals surface area contributed by atoms with E-state index in [1.54, 1.807) is 36.4 Å². The molecule has 0 fully saturated rings. The number of rotatable bonds is 5. The molecule has 0 bridgehead atoms. The topological polar surface area (TPSA) is 49.4 Å². The normalized spacial score (nSPS) is 10.3. The van der Waals surface area contributed by atoms with Crippen LogP contribution in [0.3, 0.4) is 0 Å². The number of alkyl halides is 2. The molecule has 22 heavy (non-hydrogen) atoms. The highest BCUT2D eigenvalue weighted by atomic mass is 35.5. The predicted molar refractivity (Wildman–Crippen MR) is 89.4 cm³/mol. The average Bonchev–Trinajstić information content (AvgIpc) is 2.53. The van der Waals surface area contributed by atoms with Crippen LogP contribution in [-0.4, -0.2) is 23.2 Å². The van der Waals surface area contributed by atoms with Crippen LogP contribution >= 0.6 is 23.2 Å². The van der Waals surface area contributed by atoms with Crippen molar-refractivity contribution in [2.45, 2.75) is 4.84 Å². The van der Waals surface area contributed by atoms with Crippen LogP contribution < -0.4 is 10.2 Å². The first-order chi connectivity index (χ1) is 10.6. The van der Waals surface area contributed by atoms with Crippen LogP contribution in [0.5, 0.6) is 0 Å². The van der Waals surface area contributed by atoms with Crippen LogP contribution in [0.25, 0.3) is 0 Å². The maximum Gasteiger partial charge on any atom is 0.260 e. The lowest BCUT2D eigenvalue weighted by molar-refractivity contribution is -0.120. The quantitative estimate of drug-likeness (QED) is 0.850. The van der Waals surface area contributed by atoms with E-state index < -0.39 is 10.7 Å². The highest BCUT2D eigenvalue weighted by Crippen LogP contribution is 2.18. The molecule has 0 aliphatic heterocycles. The fraction of sp³-hybridized carbons (Fsp3) is 0.125. The van der Waals surface area contributed by atoms with Crippen molar-refractivity contribution in [1.82, 2.24) is 0 Å². The Morgan fingerprint density at radius 1 is 0.955 bits per heavy atom. The largest absolute Gasteiger partial charge is 0.325 e. The number of carbonyl (C=O) groups is 2. The molecule has 4 nitrogen and oxygen atoms in total. The van der Waals surface area contributed by atoms with Gasteiger partial charge < -0.3 is 10.2 Å². The summed E-state index contributed by atoms with van der Waals surface area (Å²) >= 11 is 11.3. The van der Waals surface area contributed by atoms with Crippen LogP contribution in [0.1, 0.15) is 0 Å². The molecule has 2 rings (SSSR count). The maximum absolute atomic E-state index is 12.1. The number of nitrogens with zero attached hydrogens (tertiary/aromatic N) is 1. The Bertz CT molecular complexity index is 633. The minimum absolute atomic E-state index is 0.173. The van der Waals surface area contributed by atoms with Gasteiger partial charge in [0.05, 0.1) is 0 Å². The van der Waals surface area contributed by atoms with E-state index in [2.05, 4.69) is 5.32 Å². The Labute approximate surface area is 138 Å². The Hall–Kier alpha value is -2.04. The zero-order valence-electron chi connectivity index (χ0n) is 11.6. The van der Waals surface area contributed by atoms with E-state index in [-0.39, 0.29) is 12.5 Å². The number of para-hydroxylation sites is 2. The number of carbonyl (C=O) groups excluding carboxylic acids is 2. The molecular formula is C16H14Cl2N2O2. The maximum atomic E-state index is 12.1. The van der Waals surface area contributed by atoms with Crippen LogP contribution in [0, 0.1) is 0 Å². The second-order valence-electron chi connectivity index (χ2n) is 4.47. The fourth-order valence-electron chi connectivity index (χ4n) is 1.89. The number of hydrogen-bond donors (Lipinski definition) is 1. The van der Waals surface area contributed by atoms with Crippen molar-refractivity contribution in [1.29, 1.82) is 0 Å². The summed E-state index contributed by atoms with van der Waals surface area (Å²) in [6, 6.07) is 17.8. The van der Waals surface area contributed by atoms with E-state index >= 15 is 0 Å². The van der Waals surface area contributed by atoms with E-state index in [4.69, 9.17) is 23.2 Å². The van der Waals surface area contributed by atoms with Gasteiger partial charge in [-0.05, 0) is 24.3 Å². The molecule has 0 aliphatic carbocycles. The Kier molecular flexibility index (Phi) is 5.81. The highest BCUT2D eigenvalue weighted by Gasteiger charge is 2.24. The molecular weight excluding hydrogens is 323 g/mol. The van der Waals surface area contributed by atoms with Gasteiger partial charge in [0.15, 0.2) is 4.84 Å². The third kappa shape index (κ3) is 4.48. The van der Waals surface area contributed by atoms with E-state index in [9.17, 15) is 9.59 Å². The lowest BCUT2D eigenvalue weighted by Gasteiger charge is -2.22. The van der Waals surface area contributed by atoms with Crippen LogP contribution in [0.4, 0.5) is 11.4 Å². The molecule has 2 amide bonds. The number of hydrogen-bond acceptors (Lipinski definition) is 2. The van der Waals surface area contributed by atoms with Gasteiger partial charge in [-0.2, -0.15) is 0 Å². The highest BCUT2D eigenvalue weighted by molar-refractivity contribution is 6.54. The minimum Gasteiger partial charge on any atom is -0.325 e. The summed E-state index contributed by atoms with van der Waals surface area (Å²) in [5.74, 6) is -0.880. The molecule has 0 aliphatic rings. The summed E-state index contributed by atoms with van der Waals surface area (Å²) < 4.78 is 0. The molecule has 6 heteroatoms. The number of halogens is 2. The molecule has 114 valence electrons. The Balaban J connectivity index is 2.13. The van der Waals surface area contributed by atoms with Gasteiger partial charge in [0.1, 0.15) is 6.54 Å². The van der Waals surface area contributed by atoms with Gasteiger partial charge in [-0.3, -0.25) is 9.59 Å². The summed E-state index contributed by atoms with van der Waals surface area (Å²) in [7, 11) is 0. The lowest BCUT2D eigenvalue weighted by atomic mass is 10.2. The van der Waals surface area contributed by atoms with Crippen LogP contribution in [0.15, 0.2) is 60.7 Å². The van der Waals surface area contributed by atoms with Crippen molar-refractivity contribution in [2.75, 3.05) is 16.8 Å². The molecule has 0 unspecified atom stereocenters. The molecule has 0 heterocycles. The fourth-order valence-corrected chi connectivity index (χ4v) is 2.12. The number of nitrogens with one attached hydrogen (secondary N) is 1. The molecule has 0 spiro atoms. The summed E-state index contributed by atoms with van der Waals surface area (Å²) in [4.78, 5) is 24.3. The van der Waals surface area contributed by atoms with Crippen molar-refractivity contribution >= 4 is 46.4 Å². The summed E-state index contributed by atoms with van der Waals surface area (Å²) in [5, 5.41) is 2.72. The Morgan fingerprint density at radius 3 is 2.05 bits per heavy atom. The third-order valence-electron chi connectivity index (χ3n) is 2.88. The van der Waals surface area contributed by atoms with Gasteiger partial charge in [-0.25, -0.2) is 0 Å². The van der Waals surface area contributed by atoms with Gasteiger partial charge >= 0.3 is 0 Å². The molecule has 0 radical (unpaired) electrons. The summed E-state index contributed by atoms with van der Waals surface area (Å²) in [6.45, 7) is -0.173. The molecule has 2 aromatic carbocycles. The summed E-state index contributed by atoms with van der Waals surface area (Å²) in [6.07, 6.45) is 0. The zero-order valence-corrected chi connectivity index (χ0v) is 13.1. The molecule has 0 saturated heterocycles. The molecule has 0 aromatic heterocycles. The van der Waals surface area contributed by atoms with Crippen molar-refractivity contribution < 1.29 is 9.59 Å². The molecule has 0 atom stereocenters. The van der Waals surface area contributed by atoms with Gasteiger partial charge in [0.2, 0.25) is 5.91 Å². The monoisotopic (exact) mass is 336 g/mol. The van der Waals surface area contributed by atoms with E-state index in [1.165, 1.54) is 4.90 Å². The lowest BCUT2D eigenvalue weighted by Crippen LogP contribution is -2.40. The SMILES string of the molecule is O=C(CN(C(=O)C(Cl)Cl)c1ccccc1)Nc1ccccc1. The first-order valence-corrected chi connectivity index (χ1v) is 7.44. The van der Waals surface area contributed by atoms with Crippen molar-refractivity contribution in [3.63, 3.8) is 0 Å². The van der Waals surface area contributed by atoms with Gasteiger partial charge in [0, 0.05) is 11.4 Å². The molecule has 0 saturated carbocycles. The second kappa shape index (κ2) is 7.82. The van der Waals surface area contributed by atoms with Crippen LogP contribution in [-0.2, 0) is 9.59 Å². The average molecular weight is 337 g/mol. The van der Waals surface area contributed by atoms with Crippen molar-refractivity contribution in [3.8, 4) is 0 Å². The second-order valence-corrected chi connectivity index (χ2v) is 5.57. The standard InChI is InChI=1S/C16H14Cl2N2O2/c17-15(18)16(22)20(13-9-5-2-6-10-13)11-14(21)19-12-7-3-1-4-8-12/h1-10,15H,11H2,(H,19,21). The molecule has 1 N–H and O–H groups in total. The number of benzene rings is 2. The van der Waals surface area contributed by atoms with Gasteiger partial charge in [0.25, 0.3) is 5.91 Å². The zero-order chi connectivity index (χ0) is 15.9. The van der Waals surface area contributed by atoms with E-state index in [0.717, 1.165) is 0 Å². The van der Waals surface area contributed by atoms with Gasteiger partial charge in [-0.15, -0.1) is 0 Å². The Morgan fingerprint density at radius 2 is 1.50 bits per heavy atom. The first kappa shape index (κ1) is 16.3. The van der Waals surface area contributed by atoms with Crippen LogP contribution in [0.2, 0.25) is 0 Å². The van der Waals surface area contributed by atoms with E-state index in [0.29, 0.717) is 11.4 Å². The summed E-state index contributed by atoms with van der Waals surface area (Å²) in [5.41, 5.74) is 1.21.